The Bertz CT molecular complexity index is 4080. The summed E-state index contributed by atoms with van der Waals surface area (Å²) in [6.45, 7) is 7.64. The molecule has 82 heavy (non-hydrogen) atoms. The average molecular weight is 1090 g/mol. The van der Waals surface area contributed by atoms with E-state index in [-0.39, 0.29) is 11.1 Å². The summed E-state index contributed by atoms with van der Waals surface area (Å²) in [5, 5.41) is 0. The standard InChI is InChI=1S/C72H44F7NO2/c1-3-43-13-27-53(28-14-43)81-55-31-17-45(18-32-55)71(65-37-48(74)39-67(76)69(65)78)61-11-7-5-9-57(61)59-35-25-51(41-63(59)71)80(50-23-21-47(73)22-24-50)52-26-36-60-58-10-6-8-12-62(58)72(64(60)42-52,66-38-49(75)40-68(77)70(66)79)46-19-33-56(34-20-46)82-54-29-15-44(4-2)16-30-54/h3-42H,1-2H2. The van der Waals surface area contributed by atoms with Gasteiger partial charge in [-0.2, -0.15) is 0 Å². The highest BCUT2D eigenvalue weighted by molar-refractivity contribution is 5.92. The first-order valence-corrected chi connectivity index (χ1v) is 26.3. The number of ether oxygens (including phenoxy) is 2. The maximum absolute atomic E-state index is 17.1. The van der Waals surface area contributed by atoms with E-state index in [0.29, 0.717) is 108 Å². The zero-order valence-corrected chi connectivity index (χ0v) is 43.4. The molecule has 0 aliphatic heterocycles. The first-order valence-electron chi connectivity index (χ1n) is 26.3. The van der Waals surface area contributed by atoms with Crippen molar-refractivity contribution in [2.45, 2.75) is 10.8 Å². The quantitative estimate of drug-likeness (QED) is 0.0848. The highest BCUT2D eigenvalue weighted by Crippen LogP contribution is 2.61. The maximum atomic E-state index is 17.1. The lowest BCUT2D eigenvalue weighted by Gasteiger charge is -2.36. The molecule has 11 aromatic rings. The Morgan fingerprint density at radius 2 is 0.671 bits per heavy atom. The highest BCUT2D eigenvalue weighted by Gasteiger charge is 2.51. The van der Waals surface area contributed by atoms with Gasteiger partial charge in [0.1, 0.15) is 40.4 Å². The monoisotopic (exact) mass is 1090 g/mol. The largest absolute Gasteiger partial charge is 0.457 e. The molecule has 0 bridgehead atoms. The summed E-state index contributed by atoms with van der Waals surface area (Å²) in [7, 11) is 0. The predicted molar refractivity (Wildman–Crippen MR) is 309 cm³/mol. The van der Waals surface area contributed by atoms with Crippen molar-refractivity contribution < 1.29 is 40.2 Å². The van der Waals surface area contributed by atoms with Crippen molar-refractivity contribution in [1.82, 2.24) is 0 Å². The number of rotatable bonds is 13. The number of benzene rings is 11. The van der Waals surface area contributed by atoms with Crippen molar-refractivity contribution in [3.63, 3.8) is 0 Å². The van der Waals surface area contributed by atoms with Crippen LogP contribution in [0.5, 0.6) is 23.0 Å². The van der Waals surface area contributed by atoms with Crippen molar-refractivity contribution in [1.29, 1.82) is 0 Å². The van der Waals surface area contributed by atoms with Crippen molar-refractivity contribution in [2.75, 3.05) is 4.90 Å². The van der Waals surface area contributed by atoms with Crippen molar-refractivity contribution >= 4 is 29.2 Å². The van der Waals surface area contributed by atoms with E-state index >= 15 is 30.7 Å². The lowest BCUT2D eigenvalue weighted by molar-refractivity contribution is 0.473. The zero-order valence-electron chi connectivity index (χ0n) is 43.4. The SMILES string of the molecule is C=Cc1ccc(Oc2ccc(C3(c4cc(F)cc(F)c4F)c4ccccc4-c4ccc(N(c5ccc(F)cc5)c5ccc6c(c5)C(c5ccc(Oc7ccc(C=C)cc7)cc5)(c5cc(F)cc(F)c5F)c5ccccc5-6)cc43)cc2)cc1. The molecule has 3 nitrogen and oxygen atoms in total. The second-order valence-corrected chi connectivity index (χ2v) is 20.2. The van der Waals surface area contributed by atoms with Crippen molar-refractivity contribution in [3.05, 3.63) is 340 Å². The third-order valence-electron chi connectivity index (χ3n) is 15.7. The summed E-state index contributed by atoms with van der Waals surface area (Å²) in [5.41, 5.74) is 4.63. The smallest absolute Gasteiger partial charge is 0.163 e. The number of halogens is 7. The van der Waals surface area contributed by atoms with Crippen LogP contribution in [0.3, 0.4) is 0 Å². The van der Waals surface area contributed by atoms with Crippen LogP contribution in [0.2, 0.25) is 0 Å². The Kier molecular flexibility index (Phi) is 12.6. The van der Waals surface area contributed by atoms with E-state index in [1.807, 2.05) is 102 Å². The Morgan fingerprint density at radius 1 is 0.317 bits per heavy atom. The Balaban J connectivity index is 1.03. The van der Waals surface area contributed by atoms with Crippen LogP contribution in [-0.4, -0.2) is 0 Å². The fourth-order valence-corrected chi connectivity index (χ4v) is 12.2. The summed E-state index contributed by atoms with van der Waals surface area (Å²) in [5.74, 6) is -5.84. The molecule has 13 rings (SSSR count). The Morgan fingerprint density at radius 3 is 1.06 bits per heavy atom. The zero-order chi connectivity index (χ0) is 56.4. The normalized spacial score (nSPS) is 15.5. The summed E-state index contributed by atoms with van der Waals surface area (Å²) in [4.78, 5) is 1.83. The molecule has 2 unspecified atom stereocenters. The van der Waals surface area contributed by atoms with Crippen LogP contribution in [0.25, 0.3) is 34.4 Å². The van der Waals surface area contributed by atoms with Gasteiger partial charge in [-0.15, -0.1) is 0 Å². The molecular weight excluding hydrogens is 1040 g/mol. The van der Waals surface area contributed by atoms with Gasteiger partial charge in [0.05, 0.1) is 10.8 Å². The third kappa shape index (κ3) is 8.28. The molecule has 0 saturated heterocycles. The van der Waals surface area contributed by atoms with Gasteiger partial charge in [-0.25, -0.2) is 30.7 Å². The molecule has 0 radical (unpaired) electrons. The van der Waals surface area contributed by atoms with Gasteiger partial charge in [0.2, 0.25) is 0 Å². The molecule has 0 spiro atoms. The maximum Gasteiger partial charge on any atom is 0.163 e. The van der Waals surface area contributed by atoms with Crippen molar-refractivity contribution in [2.24, 2.45) is 0 Å². The van der Waals surface area contributed by atoms with Gasteiger partial charge in [-0.05, 0) is 176 Å². The van der Waals surface area contributed by atoms with Crippen LogP contribution in [-0.2, 0) is 10.8 Å². The molecule has 2 aliphatic rings. The third-order valence-corrected chi connectivity index (χ3v) is 15.7. The van der Waals surface area contributed by atoms with E-state index in [1.165, 1.54) is 12.1 Å². The molecule has 0 saturated carbocycles. The van der Waals surface area contributed by atoms with E-state index in [2.05, 4.69) is 13.2 Å². The van der Waals surface area contributed by atoms with E-state index in [1.54, 1.807) is 109 Å². The molecule has 0 heterocycles. The fourth-order valence-electron chi connectivity index (χ4n) is 12.2. The van der Waals surface area contributed by atoms with Gasteiger partial charge in [0.25, 0.3) is 0 Å². The minimum absolute atomic E-state index is 0.290. The van der Waals surface area contributed by atoms with E-state index in [4.69, 9.17) is 9.47 Å². The number of anilines is 3. The minimum atomic E-state index is -1.72. The molecule has 2 aliphatic carbocycles. The number of hydrogen-bond donors (Lipinski definition) is 0. The molecular formula is C72H44F7NO2. The fraction of sp³-hybridized carbons (Fsp3) is 0.0278. The van der Waals surface area contributed by atoms with Crippen molar-refractivity contribution in [3.8, 4) is 45.3 Å². The van der Waals surface area contributed by atoms with Crippen LogP contribution in [0, 0.1) is 40.7 Å². The molecule has 0 aromatic heterocycles. The van der Waals surface area contributed by atoms with Crippen LogP contribution in [0.15, 0.2) is 244 Å². The first-order chi connectivity index (χ1) is 39.9. The van der Waals surface area contributed by atoms with Gasteiger partial charge in [0, 0.05) is 40.3 Å². The molecule has 11 aromatic carbocycles. The van der Waals surface area contributed by atoms with E-state index in [0.717, 1.165) is 23.3 Å². The van der Waals surface area contributed by atoms with Crippen LogP contribution >= 0.6 is 0 Å². The topological polar surface area (TPSA) is 21.7 Å². The Hall–Kier alpha value is -10.2. The molecule has 2 atom stereocenters. The average Bonchev–Trinajstić information content (AvgIpc) is 3.14. The lowest BCUT2D eigenvalue weighted by Crippen LogP contribution is -2.31. The minimum Gasteiger partial charge on any atom is -0.457 e. The van der Waals surface area contributed by atoms with Gasteiger partial charge in [-0.1, -0.05) is 135 Å². The molecule has 0 N–H and O–H groups in total. The van der Waals surface area contributed by atoms with Crippen LogP contribution < -0.4 is 14.4 Å². The summed E-state index contributed by atoms with van der Waals surface area (Å²) >= 11 is 0. The number of hydrogen-bond acceptors (Lipinski definition) is 3. The van der Waals surface area contributed by atoms with Gasteiger partial charge >= 0.3 is 0 Å². The molecule has 0 fully saturated rings. The van der Waals surface area contributed by atoms with E-state index < -0.39 is 51.6 Å². The molecule has 10 heteroatoms. The summed E-state index contributed by atoms with van der Waals surface area (Å²) in [6, 6.07) is 62.9. The summed E-state index contributed by atoms with van der Waals surface area (Å²) in [6.07, 6.45) is 3.43. The van der Waals surface area contributed by atoms with E-state index in [9.17, 15) is 0 Å². The second kappa shape index (κ2) is 20.2. The second-order valence-electron chi connectivity index (χ2n) is 20.2. The molecule has 398 valence electrons. The number of nitrogens with zero attached hydrogens (tertiary/aromatic N) is 1. The lowest BCUT2D eigenvalue weighted by atomic mass is 9.67. The van der Waals surface area contributed by atoms with Crippen LogP contribution in [0.1, 0.15) is 55.6 Å². The Labute approximate surface area is 468 Å². The first kappa shape index (κ1) is 51.3. The highest BCUT2D eigenvalue weighted by atomic mass is 19.2. The van der Waals surface area contributed by atoms with Gasteiger partial charge in [0.15, 0.2) is 23.3 Å². The molecule has 0 amide bonds. The number of fused-ring (bicyclic) bond motifs is 6. The predicted octanol–water partition coefficient (Wildman–Crippen LogP) is 19.7. The van der Waals surface area contributed by atoms with Gasteiger partial charge < -0.3 is 14.4 Å². The van der Waals surface area contributed by atoms with Crippen LogP contribution in [0.4, 0.5) is 47.8 Å². The summed E-state index contributed by atoms with van der Waals surface area (Å²) < 4.78 is 126. The van der Waals surface area contributed by atoms with Gasteiger partial charge in [-0.3, -0.25) is 0 Å².